The van der Waals surface area contributed by atoms with Crippen LogP contribution < -0.4 is 5.32 Å². The molecular weight excluding hydrogens is 426 g/mol. The number of hydrogen-bond acceptors (Lipinski definition) is 6. The third-order valence-corrected chi connectivity index (χ3v) is 5.91. The predicted molar refractivity (Wildman–Crippen MR) is 119 cm³/mol. The van der Waals surface area contributed by atoms with E-state index in [0.29, 0.717) is 0 Å². The molecule has 1 aliphatic carbocycles. The summed E-state index contributed by atoms with van der Waals surface area (Å²) >= 11 is 0. The van der Waals surface area contributed by atoms with Crippen LogP contribution in [0.1, 0.15) is 41.5 Å². The lowest BCUT2D eigenvalue weighted by molar-refractivity contribution is -0.147. The van der Waals surface area contributed by atoms with Gasteiger partial charge in [-0.1, -0.05) is 48.5 Å². The van der Waals surface area contributed by atoms with Crippen LogP contribution in [0.25, 0.3) is 11.1 Å². The summed E-state index contributed by atoms with van der Waals surface area (Å²) in [6, 6.07) is 16.0. The number of likely N-dealkylation sites (N-methyl/N-ethyl adjacent to an activating group) is 1. The van der Waals surface area contributed by atoms with E-state index >= 15 is 0 Å². The number of aromatic nitrogens is 3. The SMILES string of the molecule is CN(C(=O)c1nc(NC(=O)OCC2c3ccccc3-c3ccccc32)n[nH]1)C(C)(C)C(=O)O. The van der Waals surface area contributed by atoms with Crippen molar-refractivity contribution in [3.8, 4) is 11.1 Å². The van der Waals surface area contributed by atoms with Crippen LogP contribution in [0.15, 0.2) is 48.5 Å². The summed E-state index contributed by atoms with van der Waals surface area (Å²) in [7, 11) is 1.34. The lowest BCUT2D eigenvalue weighted by atomic mass is 9.98. The van der Waals surface area contributed by atoms with Gasteiger partial charge in [0, 0.05) is 13.0 Å². The summed E-state index contributed by atoms with van der Waals surface area (Å²) in [5.41, 5.74) is 2.95. The molecule has 10 heteroatoms. The van der Waals surface area contributed by atoms with Crippen molar-refractivity contribution in [1.82, 2.24) is 20.1 Å². The van der Waals surface area contributed by atoms with Gasteiger partial charge >= 0.3 is 12.1 Å². The number of carboxylic acid groups (broad SMARTS) is 1. The number of ether oxygens (including phenoxy) is 1. The molecule has 2 aromatic carbocycles. The zero-order valence-electron chi connectivity index (χ0n) is 18.3. The summed E-state index contributed by atoms with van der Waals surface area (Å²) in [6.45, 7) is 2.89. The second-order valence-corrected chi connectivity index (χ2v) is 8.19. The van der Waals surface area contributed by atoms with Crippen molar-refractivity contribution in [2.75, 3.05) is 19.0 Å². The Kier molecular flexibility index (Phi) is 5.59. The van der Waals surface area contributed by atoms with E-state index in [2.05, 4.69) is 20.5 Å². The lowest BCUT2D eigenvalue weighted by Gasteiger charge is -2.30. The number of nitrogens with one attached hydrogen (secondary N) is 2. The summed E-state index contributed by atoms with van der Waals surface area (Å²) in [4.78, 5) is 41.2. The van der Waals surface area contributed by atoms with E-state index in [-0.39, 0.29) is 24.3 Å². The van der Waals surface area contributed by atoms with Crippen molar-refractivity contribution in [2.45, 2.75) is 25.3 Å². The summed E-state index contributed by atoms with van der Waals surface area (Å²) in [5, 5.41) is 17.9. The van der Waals surface area contributed by atoms with Crippen LogP contribution >= 0.6 is 0 Å². The number of benzene rings is 2. The Balaban J connectivity index is 1.40. The Bertz CT molecular complexity index is 1190. The topological polar surface area (TPSA) is 138 Å². The molecule has 0 bridgehead atoms. The standard InChI is InChI=1S/C23H23N5O5/c1-23(2,20(30)31)28(3)19(29)18-24-21(27-26-18)25-22(32)33-12-17-15-10-6-4-8-13(15)14-9-5-7-11-16(14)17/h4-11,17H,12H2,1-3H3,(H,30,31)(H2,24,25,26,27,32). The van der Waals surface area contributed by atoms with Gasteiger partial charge in [0.25, 0.3) is 11.9 Å². The molecule has 0 saturated heterocycles. The Morgan fingerprint density at radius 2 is 1.67 bits per heavy atom. The van der Waals surface area contributed by atoms with Gasteiger partial charge in [-0.15, -0.1) is 5.10 Å². The minimum absolute atomic E-state index is 0.0978. The van der Waals surface area contributed by atoms with Gasteiger partial charge in [0.05, 0.1) is 0 Å². The fourth-order valence-corrected chi connectivity index (χ4v) is 3.70. The van der Waals surface area contributed by atoms with Crippen molar-refractivity contribution < 1.29 is 24.2 Å². The third kappa shape index (κ3) is 4.02. The third-order valence-electron chi connectivity index (χ3n) is 5.91. The molecule has 3 N–H and O–H groups in total. The maximum Gasteiger partial charge on any atom is 0.414 e. The molecule has 0 atom stereocenters. The molecule has 0 unspecified atom stereocenters. The molecule has 170 valence electrons. The van der Waals surface area contributed by atoms with Crippen molar-refractivity contribution in [2.24, 2.45) is 0 Å². The number of H-pyrrole nitrogens is 1. The highest BCUT2D eigenvalue weighted by Gasteiger charge is 2.37. The van der Waals surface area contributed by atoms with Gasteiger partial charge in [-0.3, -0.25) is 15.2 Å². The summed E-state index contributed by atoms with van der Waals surface area (Å²) < 4.78 is 5.43. The van der Waals surface area contributed by atoms with Gasteiger partial charge in [-0.05, 0) is 36.1 Å². The molecule has 0 saturated carbocycles. The van der Waals surface area contributed by atoms with E-state index in [9.17, 15) is 19.5 Å². The van der Waals surface area contributed by atoms with Crippen LogP contribution in [-0.4, -0.2) is 62.4 Å². The molecule has 2 amide bonds. The maximum absolute atomic E-state index is 12.5. The maximum atomic E-state index is 12.5. The highest BCUT2D eigenvalue weighted by atomic mass is 16.5. The van der Waals surface area contributed by atoms with Crippen LogP contribution in [0.5, 0.6) is 0 Å². The molecule has 4 rings (SSSR count). The normalized spacial score (nSPS) is 12.6. The Morgan fingerprint density at radius 1 is 1.09 bits per heavy atom. The highest BCUT2D eigenvalue weighted by Crippen LogP contribution is 2.44. The number of anilines is 1. The van der Waals surface area contributed by atoms with Gasteiger partial charge < -0.3 is 14.7 Å². The second-order valence-electron chi connectivity index (χ2n) is 8.19. The first-order chi connectivity index (χ1) is 15.7. The molecule has 0 aliphatic heterocycles. The quantitative estimate of drug-likeness (QED) is 0.526. The summed E-state index contributed by atoms with van der Waals surface area (Å²) in [5.74, 6) is -2.32. The number of hydrogen-bond donors (Lipinski definition) is 3. The van der Waals surface area contributed by atoms with E-state index in [1.165, 1.54) is 20.9 Å². The molecule has 33 heavy (non-hydrogen) atoms. The zero-order valence-corrected chi connectivity index (χ0v) is 18.3. The van der Waals surface area contributed by atoms with Gasteiger partial charge in [0.1, 0.15) is 12.1 Å². The van der Waals surface area contributed by atoms with E-state index < -0.39 is 23.5 Å². The molecule has 10 nitrogen and oxygen atoms in total. The average molecular weight is 449 g/mol. The molecule has 0 spiro atoms. The Labute approximate surface area is 189 Å². The minimum atomic E-state index is -1.45. The van der Waals surface area contributed by atoms with Crippen LogP contribution in [0.4, 0.5) is 10.7 Å². The van der Waals surface area contributed by atoms with Crippen molar-refractivity contribution >= 4 is 23.9 Å². The van der Waals surface area contributed by atoms with E-state index in [1.54, 1.807) is 0 Å². The number of fused-ring (bicyclic) bond motifs is 3. The zero-order chi connectivity index (χ0) is 23.8. The number of amides is 2. The number of nitrogens with zero attached hydrogens (tertiary/aromatic N) is 3. The number of aromatic amines is 1. The molecule has 3 aromatic rings. The van der Waals surface area contributed by atoms with Gasteiger partial charge in [-0.2, -0.15) is 4.98 Å². The number of rotatable bonds is 6. The largest absolute Gasteiger partial charge is 0.480 e. The van der Waals surface area contributed by atoms with Crippen LogP contribution in [0.3, 0.4) is 0 Å². The van der Waals surface area contributed by atoms with E-state index in [0.717, 1.165) is 27.2 Å². The number of carbonyl (C=O) groups is 3. The first-order valence-corrected chi connectivity index (χ1v) is 10.3. The van der Waals surface area contributed by atoms with Crippen molar-refractivity contribution in [3.05, 3.63) is 65.5 Å². The van der Waals surface area contributed by atoms with E-state index in [4.69, 9.17) is 4.74 Å². The molecular formula is C23H23N5O5. The van der Waals surface area contributed by atoms with E-state index in [1.807, 2.05) is 48.5 Å². The first-order valence-electron chi connectivity index (χ1n) is 10.3. The Hall–Kier alpha value is -4.21. The average Bonchev–Trinajstić information content (AvgIpc) is 3.39. The molecule has 0 radical (unpaired) electrons. The summed E-state index contributed by atoms with van der Waals surface area (Å²) in [6.07, 6.45) is -0.769. The fraction of sp³-hybridized carbons (Fsp3) is 0.261. The fourth-order valence-electron chi connectivity index (χ4n) is 3.70. The molecule has 1 aromatic heterocycles. The van der Waals surface area contributed by atoms with Gasteiger partial charge in [0.15, 0.2) is 0 Å². The molecule has 0 fully saturated rings. The lowest BCUT2D eigenvalue weighted by Crippen LogP contribution is -2.51. The second kappa shape index (κ2) is 8.38. The van der Waals surface area contributed by atoms with Crippen LogP contribution in [0.2, 0.25) is 0 Å². The Morgan fingerprint density at radius 3 is 2.24 bits per heavy atom. The molecule has 1 aliphatic rings. The van der Waals surface area contributed by atoms with Gasteiger partial charge in [0.2, 0.25) is 5.82 Å². The van der Waals surface area contributed by atoms with Crippen LogP contribution in [0, 0.1) is 0 Å². The number of carbonyl (C=O) groups excluding carboxylic acids is 2. The predicted octanol–water partition coefficient (Wildman–Crippen LogP) is 3.10. The molecule has 1 heterocycles. The van der Waals surface area contributed by atoms with Gasteiger partial charge in [-0.25, -0.2) is 9.59 Å². The smallest absolute Gasteiger partial charge is 0.414 e. The first kappa shape index (κ1) is 22.0. The highest BCUT2D eigenvalue weighted by molar-refractivity contribution is 5.95. The monoisotopic (exact) mass is 449 g/mol. The van der Waals surface area contributed by atoms with Crippen LogP contribution in [-0.2, 0) is 9.53 Å². The minimum Gasteiger partial charge on any atom is -0.480 e. The number of carboxylic acids is 1. The van der Waals surface area contributed by atoms with Crippen molar-refractivity contribution in [3.63, 3.8) is 0 Å². The number of aliphatic carboxylic acids is 1. The van der Waals surface area contributed by atoms with Crippen molar-refractivity contribution in [1.29, 1.82) is 0 Å².